The minimum atomic E-state index is -1.06. The van der Waals surface area contributed by atoms with Gasteiger partial charge in [0.1, 0.15) is 11.4 Å². The number of hydrogen-bond acceptors (Lipinski definition) is 4. The Bertz CT molecular complexity index is 597. The number of nitrogens with two attached hydrogens (primary N) is 1. The molecule has 18 heavy (non-hydrogen) atoms. The smallest absolute Gasteiger partial charge is 0.339 e. The number of rotatable bonds is 3. The molecule has 0 aliphatic heterocycles. The average Bonchev–Trinajstić information content (AvgIpc) is 2.34. The summed E-state index contributed by atoms with van der Waals surface area (Å²) in [4.78, 5) is 15.1. The lowest BCUT2D eigenvalue weighted by Gasteiger charge is -2.11. The number of carbonyl (C=O) groups is 1. The van der Waals surface area contributed by atoms with Crippen molar-refractivity contribution in [3.05, 3.63) is 47.7 Å². The number of para-hydroxylation sites is 1. The molecule has 0 radical (unpaired) electrons. The van der Waals surface area contributed by atoms with Gasteiger partial charge in [-0.25, -0.2) is 9.78 Å². The topological polar surface area (TPSA) is 88.2 Å². The van der Waals surface area contributed by atoms with Crippen LogP contribution in [0.3, 0.4) is 0 Å². The molecule has 0 aliphatic carbocycles. The number of aromatic carboxylic acids is 1. The summed E-state index contributed by atoms with van der Waals surface area (Å²) in [5.41, 5.74) is 7.73. The minimum Gasteiger partial charge on any atom is -0.478 e. The number of carboxylic acids is 1. The van der Waals surface area contributed by atoms with Gasteiger partial charge < -0.3 is 16.2 Å². The van der Waals surface area contributed by atoms with E-state index in [0.29, 0.717) is 5.69 Å². The zero-order valence-corrected chi connectivity index (χ0v) is 9.84. The van der Waals surface area contributed by atoms with E-state index in [4.69, 9.17) is 10.8 Å². The van der Waals surface area contributed by atoms with Gasteiger partial charge in [0.2, 0.25) is 0 Å². The van der Waals surface area contributed by atoms with Crippen molar-refractivity contribution < 1.29 is 9.90 Å². The fourth-order valence-electron chi connectivity index (χ4n) is 1.58. The van der Waals surface area contributed by atoms with E-state index in [0.717, 1.165) is 11.3 Å². The molecular formula is C13H13N3O2. The maximum absolute atomic E-state index is 11.1. The lowest BCUT2D eigenvalue weighted by atomic mass is 10.2. The Morgan fingerprint density at radius 3 is 2.78 bits per heavy atom. The fraction of sp³-hybridized carbons (Fsp3) is 0.0769. The Kier molecular flexibility index (Phi) is 3.14. The molecule has 1 heterocycles. The molecule has 0 saturated heterocycles. The Balaban J connectivity index is 2.41. The molecule has 5 nitrogen and oxygen atoms in total. The molecule has 0 unspecified atom stereocenters. The molecular weight excluding hydrogens is 230 g/mol. The van der Waals surface area contributed by atoms with E-state index in [2.05, 4.69) is 10.3 Å². The quantitative estimate of drug-likeness (QED) is 0.770. The lowest BCUT2D eigenvalue weighted by molar-refractivity contribution is 0.0697. The standard InChI is InChI=1S/C13H13N3O2/c1-8-4-2-3-5-11(8)16-12-10(13(17)18)6-9(14)7-15-12/h2-7H,14H2,1H3,(H,15,16)(H,17,18). The number of nitrogens with zero attached hydrogens (tertiary/aromatic N) is 1. The summed E-state index contributed by atoms with van der Waals surface area (Å²) < 4.78 is 0. The number of nitrogen functional groups attached to an aromatic ring is 1. The van der Waals surface area contributed by atoms with Crippen LogP contribution in [0.25, 0.3) is 0 Å². The second-order valence-corrected chi connectivity index (χ2v) is 3.91. The molecule has 92 valence electrons. The summed E-state index contributed by atoms with van der Waals surface area (Å²) in [6, 6.07) is 8.96. The second-order valence-electron chi connectivity index (χ2n) is 3.91. The molecule has 1 aromatic heterocycles. The molecule has 0 aliphatic rings. The Morgan fingerprint density at radius 1 is 1.39 bits per heavy atom. The maximum atomic E-state index is 11.1. The van der Waals surface area contributed by atoms with Gasteiger partial charge in [-0.2, -0.15) is 0 Å². The zero-order chi connectivity index (χ0) is 13.1. The number of anilines is 3. The van der Waals surface area contributed by atoms with E-state index in [1.165, 1.54) is 12.3 Å². The predicted octanol–water partition coefficient (Wildman–Crippen LogP) is 2.41. The van der Waals surface area contributed by atoms with Crippen molar-refractivity contribution in [1.29, 1.82) is 0 Å². The van der Waals surface area contributed by atoms with E-state index in [9.17, 15) is 4.79 Å². The molecule has 5 heteroatoms. The third-order valence-corrected chi connectivity index (χ3v) is 2.54. The molecule has 0 saturated carbocycles. The van der Waals surface area contributed by atoms with Crippen molar-refractivity contribution in [2.45, 2.75) is 6.92 Å². The third kappa shape index (κ3) is 2.40. The van der Waals surface area contributed by atoms with Crippen LogP contribution < -0.4 is 11.1 Å². The number of aromatic nitrogens is 1. The number of hydrogen-bond donors (Lipinski definition) is 3. The van der Waals surface area contributed by atoms with E-state index < -0.39 is 5.97 Å². The van der Waals surface area contributed by atoms with Crippen molar-refractivity contribution >= 4 is 23.2 Å². The van der Waals surface area contributed by atoms with Crippen LogP contribution in [0.5, 0.6) is 0 Å². The van der Waals surface area contributed by atoms with Crippen molar-refractivity contribution in [2.75, 3.05) is 11.1 Å². The molecule has 4 N–H and O–H groups in total. The zero-order valence-electron chi connectivity index (χ0n) is 9.84. The molecule has 0 bridgehead atoms. The summed E-state index contributed by atoms with van der Waals surface area (Å²) in [6.07, 6.45) is 1.42. The number of nitrogens with one attached hydrogen (secondary N) is 1. The van der Waals surface area contributed by atoms with Crippen molar-refractivity contribution in [1.82, 2.24) is 4.98 Å². The third-order valence-electron chi connectivity index (χ3n) is 2.54. The first-order valence-corrected chi connectivity index (χ1v) is 5.39. The van der Waals surface area contributed by atoms with Crippen LogP contribution in [0, 0.1) is 6.92 Å². The maximum Gasteiger partial charge on any atom is 0.339 e. The number of pyridine rings is 1. The Morgan fingerprint density at radius 2 is 2.11 bits per heavy atom. The fourth-order valence-corrected chi connectivity index (χ4v) is 1.58. The summed E-state index contributed by atoms with van der Waals surface area (Å²) in [6.45, 7) is 1.93. The summed E-state index contributed by atoms with van der Waals surface area (Å²) in [5.74, 6) is -0.781. The molecule has 0 fully saturated rings. The van der Waals surface area contributed by atoms with Gasteiger partial charge in [-0.1, -0.05) is 18.2 Å². The van der Waals surface area contributed by atoms with Gasteiger partial charge in [0, 0.05) is 5.69 Å². The minimum absolute atomic E-state index is 0.0539. The van der Waals surface area contributed by atoms with Crippen LogP contribution in [-0.4, -0.2) is 16.1 Å². The van der Waals surface area contributed by atoms with Crippen molar-refractivity contribution in [3.63, 3.8) is 0 Å². The van der Waals surface area contributed by atoms with Gasteiger partial charge in [0.05, 0.1) is 11.9 Å². The van der Waals surface area contributed by atoms with Crippen LogP contribution >= 0.6 is 0 Å². The molecule has 1 aromatic carbocycles. The normalized spacial score (nSPS) is 10.1. The first-order valence-electron chi connectivity index (χ1n) is 5.39. The molecule has 0 spiro atoms. The van der Waals surface area contributed by atoms with Crippen LogP contribution in [0.15, 0.2) is 36.5 Å². The van der Waals surface area contributed by atoms with E-state index in [-0.39, 0.29) is 11.4 Å². The Hall–Kier alpha value is -2.56. The summed E-state index contributed by atoms with van der Waals surface area (Å²) in [5, 5.41) is 12.1. The average molecular weight is 243 g/mol. The number of carboxylic acid groups (broad SMARTS) is 1. The van der Waals surface area contributed by atoms with Crippen LogP contribution in [-0.2, 0) is 0 Å². The summed E-state index contributed by atoms with van der Waals surface area (Å²) >= 11 is 0. The first-order chi connectivity index (χ1) is 8.58. The molecule has 0 amide bonds. The van der Waals surface area contributed by atoms with Crippen LogP contribution in [0.4, 0.5) is 17.2 Å². The van der Waals surface area contributed by atoms with Crippen molar-refractivity contribution in [2.24, 2.45) is 0 Å². The molecule has 0 atom stereocenters. The van der Waals surface area contributed by atoms with Crippen LogP contribution in [0.1, 0.15) is 15.9 Å². The van der Waals surface area contributed by atoms with Gasteiger partial charge in [-0.15, -0.1) is 0 Å². The highest BCUT2D eigenvalue weighted by atomic mass is 16.4. The van der Waals surface area contributed by atoms with Gasteiger partial charge >= 0.3 is 5.97 Å². The van der Waals surface area contributed by atoms with Crippen molar-refractivity contribution in [3.8, 4) is 0 Å². The highest BCUT2D eigenvalue weighted by molar-refractivity contribution is 5.95. The number of aryl methyl sites for hydroxylation is 1. The van der Waals surface area contributed by atoms with Gasteiger partial charge in [-0.3, -0.25) is 0 Å². The lowest BCUT2D eigenvalue weighted by Crippen LogP contribution is -2.06. The van der Waals surface area contributed by atoms with Gasteiger partial charge in [-0.05, 0) is 24.6 Å². The molecule has 2 rings (SSSR count). The van der Waals surface area contributed by atoms with Gasteiger partial charge in [0.15, 0.2) is 0 Å². The summed E-state index contributed by atoms with van der Waals surface area (Å²) in [7, 11) is 0. The van der Waals surface area contributed by atoms with E-state index in [1.54, 1.807) is 0 Å². The van der Waals surface area contributed by atoms with E-state index >= 15 is 0 Å². The highest BCUT2D eigenvalue weighted by Crippen LogP contribution is 2.22. The van der Waals surface area contributed by atoms with Gasteiger partial charge in [0.25, 0.3) is 0 Å². The second kappa shape index (κ2) is 4.75. The molecule has 2 aromatic rings. The predicted molar refractivity (Wildman–Crippen MR) is 70.1 cm³/mol. The monoisotopic (exact) mass is 243 g/mol. The van der Waals surface area contributed by atoms with E-state index in [1.807, 2.05) is 31.2 Å². The Labute approximate surface area is 104 Å². The van der Waals surface area contributed by atoms with Crippen LogP contribution in [0.2, 0.25) is 0 Å². The first kappa shape index (κ1) is 11.9. The largest absolute Gasteiger partial charge is 0.478 e. The highest BCUT2D eigenvalue weighted by Gasteiger charge is 2.12. The SMILES string of the molecule is Cc1ccccc1Nc1ncc(N)cc1C(=O)O. The number of benzene rings is 1.